The van der Waals surface area contributed by atoms with Gasteiger partial charge in [-0.3, -0.25) is 4.99 Å². The highest BCUT2D eigenvalue weighted by atomic mass is 127. The maximum Gasteiger partial charge on any atom is 0.191 e. The number of ether oxygens (including phenoxy) is 1. The number of sulfone groups is 1. The molecule has 0 radical (unpaired) electrons. The Morgan fingerprint density at radius 3 is 2.45 bits per heavy atom. The van der Waals surface area contributed by atoms with Crippen LogP contribution in [0.4, 0.5) is 0 Å². The van der Waals surface area contributed by atoms with Gasteiger partial charge in [0, 0.05) is 39.6 Å². The van der Waals surface area contributed by atoms with Crippen molar-refractivity contribution in [2.24, 2.45) is 10.4 Å². The lowest BCUT2D eigenvalue weighted by Crippen LogP contribution is -2.41. The molecule has 0 saturated heterocycles. The lowest BCUT2D eigenvalue weighted by molar-refractivity contribution is 0.0778. The largest absolute Gasteiger partial charge is 0.385 e. The average molecular weight is 447 g/mol. The summed E-state index contributed by atoms with van der Waals surface area (Å²) in [5, 5.41) is 6.24. The number of halogens is 1. The highest BCUT2D eigenvalue weighted by molar-refractivity contribution is 14.0. The minimum Gasteiger partial charge on any atom is -0.385 e. The second kappa shape index (κ2) is 10.6. The SMILES string of the molecule is CCNC(=NCC1(CCOC)CCC1)NCCS(C)(=O)=O.I. The van der Waals surface area contributed by atoms with E-state index < -0.39 is 9.84 Å². The van der Waals surface area contributed by atoms with E-state index in [1.54, 1.807) is 7.11 Å². The highest BCUT2D eigenvalue weighted by Gasteiger charge is 2.36. The molecule has 0 spiro atoms. The van der Waals surface area contributed by atoms with Crippen molar-refractivity contribution in [3.05, 3.63) is 0 Å². The van der Waals surface area contributed by atoms with Crippen LogP contribution in [0.5, 0.6) is 0 Å². The van der Waals surface area contributed by atoms with Crippen molar-refractivity contribution in [2.75, 3.05) is 45.4 Å². The predicted molar refractivity (Wildman–Crippen MR) is 102 cm³/mol. The second-order valence-corrected chi connectivity index (χ2v) is 8.11. The Balaban J connectivity index is 0.00000441. The molecule has 0 atom stereocenters. The summed E-state index contributed by atoms with van der Waals surface area (Å²) in [5.41, 5.74) is 0.273. The number of rotatable bonds is 9. The van der Waals surface area contributed by atoms with Crippen molar-refractivity contribution in [1.82, 2.24) is 10.6 Å². The number of hydrogen-bond acceptors (Lipinski definition) is 4. The van der Waals surface area contributed by atoms with Crippen LogP contribution in [0.1, 0.15) is 32.6 Å². The molecule has 22 heavy (non-hydrogen) atoms. The fourth-order valence-electron chi connectivity index (χ4n) is 2.43. The van der Waals surface area contributed by atoms with Gasteiger partial charge in [-0.05, 0) is 31.6 Å². The first-order valence-electron chi connectivity index (χ1n) is 7.60. The van der Waals surface area contributed by atoms with E-state index in [0.717, 1.165) is 26.1 Å². The van der Waals surface area contributed by atoms with E-state index in [1.165, 1.54) is 25.5 Å². The molecule has 0 aliphatic heterocycles. The van der Waals surface area contributed by atoms with Crippen molar-refractivity contribution >= 4 is 39.8 Å². The number of hydrogen-bond donors (Lipinski definition) is 2. The Morgan fingerprint density at radius 2 is 2.00 bits per heavy atom. The standard InChI is InChI=1S/C14H29N3O3S.HI/c1-4-15-13(16-9-11-21(3,18)19)17-12-14(6-5-7-14)8-10-20-2;/h4-12H2,1-3H3,(H2,15,16,17);1H. The second-order valence-electron chi connectivity index (χ2n) is 5.85. The fourth-order valence-corrected chi connectivity index (χ4v) is 2.90. The molecule has 1 rings (SSSR count). The number of methoxy groups -OCH3 is 1. The molecule has 1 aliphatic rings. The van der Waals surface area contributed by atoms with Gasteiger partial charge < -0.3 is 15.4 Å². The Morgan fingerprint density at radius 1 is 1.32 bits per heavy atom. The first-order valence-corrected chi connectivity index (χ1v) is 9.66. The van der Waals surface area contributed by atoms with Crippen LogP contribution in [0.15, 0.2) is 4.99 Å². The van der Waals surface area contributed by atoms with Crippen molar-refractivity contribution < 1.29 is 13.2 Å². The van der Waals surface area contributed by atoms with Gasteiger partial charge in [0.05, 0.1) is 5.75 Å². The lowest BCUT2D eigenvalue weighted by atomic mass is 9.67. The van der Waals surface area contributed by atoms with Crippen LogP contribution in [-0.2, 0) is 14.6 Å². The number of nitrogens with zero attached hydrogens (tertiary/aromatic N) is 1. The summed E-state index contributed by atoms with van der Waals surface area (Å²) in [7, 11) is -1.22. The molecule has 0 heterocycles. The van der Waals surface area contributed by atoms with E-state index in [2.05, 4.69) is 15.6 Å². The Hall–Kier alpha value is -0.0900. The number of guanidine groups is 1. The van der Waals surface area contributed by atoms with Gasteiger partial charge in [0.25, 0.3) is 0 Å². The van der Waals surface area contributed by atoms with Crippen LogP contribution in [-0.4, -0.2) is 59.7 Å². The molecule has 132 valence electrons. The van der Waals surface area contributed by atoms with Gasteiger partial charge in [-0.2, -0.15) is 0 Å². The molecule has 8 heteroatoms. The van der Waals surface area contributed by atoms with Gasteiger partial charge in [0.15, 0.2) is 5.96 Å². The molecule has 0 bridgehead atoms. The first-order chi connectivity index (χ1) is 9.91. The van der Waals surface area contributed by atoms with Crippen molar-refractivity contribution in [3.63, 3.8) is 0 Å². The molecule has 1 fully saturated rings. The third kappa shape index (κ3) is 8.52. The smallest absolute Gasteiger partial charge is 0.191 e. The third-order valence-electron chi connectivity index (χ3n) is 3.93. The summed E-state index contributed by atoms with van der Waals surface area (Å²) in [6.45, 7) is 4.68. The first kappa shape index (κ1) is 21.9. The van der Waals surface area contributed by atoms with E-state index in [1.807, 2.05) is 6.92 Å². The van der Waals surface area contributed by atoms with E-state index in [0.29, 0.717) is 12.5 Å². The summed E-state index contributed by atoms with van der Waals surface area (Å²) in [6.07, 6.45) is 5.94. The van der Waals surface area contributed by atoms with Gasteiger partial charge in [-0.25, -0.2) is 8.42 Å². The van der Waals surface area contributed by atoms with Crippen LogP contribution in [0.25, 0.3) is 0 Å². The molecule has 2 N–H and O–H groups in total. The van der Waals surface area contributed by atoms with Gasteiger partial charge in [0.2, 0.25) is 0 Å². The molecule has 1 aliphatic carbocycles. The molecule has 0 amide bonds. The molecule has 0 aromatic rings. The minimum absolute atomic E-state index is 0. The Kier molecular flexibility index (Phi) is 10.6. The zero-order valence-electron chi connectivity index (χ0n) is 13.9. The molecule has 0 aromatic carbocycles. The molecule has 0 unspecified atom stereocenters. The maximum atomic E-state index is 11.1. The summed E-state index contributed by atoms with van der Waals surface area (Å²) >= 11 is 0. The van der Waals surface area contributed by atoms with E-state index in [-0.39, 0.29) is 35.1 Å². The molecule has 0 aromatic heterocycles. The summed E-state index contributed by atoms with van der Waals surface area (Å²) in [5.74, 6) is 0.816. The minimum atomic E-state index is -2.95. The molecule has 1 saturated carbocycles. The van der Waals surface area contributed by atoms with E-state index in [4.69, 9.17) is 4.74 Å². The summed E-state index contributed by atoms with van der Waals surface area (Å²) < 4.78 is 27.5. The fraction of sp³-hybridized carbons (Fsp3) is 0.929. The normalized spacial score (nSPS) is 17.3. The van der Waals surface area contributed by atoms with Gasteiger partial charge in [-0.15, -0.1) is 24.0 Å². The maximum absolute atomic E-state index is 11.1. The monoisotopic (exact) mass is 447 g/mol. The lowest BCUT2D eigenvalue weighted by Gasteiger charge is -2.40. The average Bonchev–Trinajstić information content (AvgIpc) is 2.35. The predicted octanol–water partition coefficient (Wildman–Crippen LogP) is 1.41. The summed E-state index contributed by atoms with van der Waals surface area (Å²) in [6, 6.07) is 0. The van der Waals surface area contributed by atoms with Crippen LogP contribution >= 0.6 is 24.0 Å². The van der Waals surface area contributed by atoms with Crippen LogP contribution < -0.4 is 10.6 Å². The summed E-state index contributed by atoms with van der Waals surface area (Å²) in [4.78, 5) is 4.62. The van der Waals surface area contributed by atoms with Crippen molar-refractivity contribution in [3.8, 4) is 0 Å². The molecule has 6 nitrogen and oxygen atoms in total. The number of aliphatic imine (C=N–C) groups is 1. The zero-order chi connectivity index (χ0) is 15.8. The van der Waals surface area contributed by atoms with Crippen LogP contribution in [0.2, 0.25) is 0 Å². The number of nitrogens with one attached hydrogen (secondary N) is 2. The highest BCUT2D eigenvalue weighted by Crippen LogP contribution is 2.44. The van der Waals surface area contributed by atoms with Crippen LogP contribution in [0.3, 0.4) is 0 Å². The molecular weight excluding hydrogens is 417 g/mol. The molecular formula is C14H30IN3O3S. The van der Waals surface area contributed by atoms with E-state index in [9.17, 15) is 8.42 Å². The van der Waals surface area contributed by atoms with Gasteiger partial charge in [-0.1, -0.05) is 6.42 Å². The quantitative estimate of drug-likeness (QED) is 0.318. The van der Waals surface area contributed by atoms with E-state index >= 15 is 0 Å². The van der Waals surface area contributed by atoms with Crippen molar-refractivity contribution in [1.29, 1.82) is 0 Å². The van der Waals surface area contributed by atoms with Crippen LogP contribution in [0, 0.1) is 5.41 Å². The van der Waals surface area contributed by atoms with Crippen molar-refractivity contribution in [2.45, 2.75) is 32.6 Å². The Labute approximate surface area is 151 Å². The zero-order valence-corrected chi connectivity index (χ0v) is 17.0. The third-order valence-corrected chi connectivity index (χ3v) is 4.88. The topological polar surface area (TPSA) is 79.8 Å². The Bertz CT molecular complexity index is 437. The van der Waals surface area contributed by atoms with Gasteiger partial charge in [0.1, 0.15) is 9.84 Å². The van der Waals surface area contributed by atoms with Gasteiger partial charge >= 0.3 is 0 Å².